The van der Waals surface area contributed by atoms with Crippen molar-refractivity contribution in [2.24, 2.45) is 0 Å². The molecule has 2 aromatic rings. The highest BCUT2D eigenvalue weighted by Gasteiger charge is 2.18. The lowest BCUT2D eigenvalue weighted by atomic mass is 10.3. The van der Waals surface area contributed by atoms with Gasteiger partial charge in [-0.15, -0.1) is 11.3 Å². The summed E-state index contributed by atoms with van der Waals surface area (Å²) in [6, 6.07) is 3.35. The minimum absolute atomic E-state index is 0.0874. The number of pyridine rings is 1. The molecule has 0 saturated heterocycles. The zero-order valence-corrected chi connectivity index (χ0v) is 14.6. The molecule has 2 heterocycles. The van der Waals surface area contributed by atoms with E-state index >= 15 is 0 Å². The second-order valence-corrected chi connectivity index (χ2v) is 5.73. The first kappa shape index (κ1) is 18.8. The molecular formula is C16H15N5O4S. The van der Waals surface area contributed by atoms with Crippen LogP contribution in [0, 0.1) is 0 Å². The van der Waals surface area contributed by atoms with Gasteiger partial charge >= 0.3 is 5.97 Å². The average molecular weight is 373 g/mol. The molecule has 0 spiro atoms. The number of thiazole rings is 1. The average Bonchev–Trinajstić information content (AvgIpc) is 3.11. The Hall–Kier alpha value is -3.53. The number of ether oxygens (including phenoxy) is 1. The minimum atomic E-state index is -0.808. The Morgan fingerprint density at radius 1 is 1.19 bits per heavy atom. The topological polar surface area (TPSA) is 136 Å². The number of nitrogens with one attached hydrogen (secondary N) is 2. The monoisotopic (exact) mass is 373 g/mol. The molecule has 0 radical (unpaired) electrons. The van der Waals surface area contributed by atoms with E-state index in [4.69, 9.17) is 5.73 Å². The largest absolute Gasteiger partial charge is 0.464 e. The molecule has 9 nitrogen and oxygen atoms in total. The van der Waals surface area contributed by atoms with Crippen molar-refractivity contribution in [1.82, 2.24) is 20.6 Å². The van der Waals surface area contributed by atoms with Gasteiger partial charge in [-0.2, -0.15) is 0 Å². The van der Waals surface area contributed by atoms with Crippen LogP contribution in [0.25, 0.3) is 10.7 Å². The first-order valence-electron chi connectivity index (χ1n) is 7.08. The highest BCUT2D eigenvalue weighted by atomic mass is 32.1. The Balaban J connectivity index is 2.00. The van der Waals surface area contributed by atoms with Crippen molar-refractivity contribution in [3.05, 3.63) is 54.0 Å². The zero-order chi connectivity index (χ0) is 19.3. The number of hydrogen-bond acceptors (Lipinski definition) is 8. The molecule has 0 bridgehead atoms. The number of amides is 2. The van der Waals surface area contributed by atoms with E-state index in [-0.39, 0.29) is 17.1 Å². The van der Waals surface area contributed by atoms with Gasteiger partial charge in [-0.05, 0) is 12.1 Å². The van der Waals surface area contributed by atoms with Gasteiger partial charge in [0.25, 0.3) is 11.8 Å². The third-order valence-corrected chi connectivity index (χ3v) is 3.84. The number of nitrogens with zero attached hydrogens (tertiary/aromatic N) is 2. The van der Waals surface area contributed by atoms with Crippen molar-refractivity contribution in [1.29, 1.82) is 0 Å². The number of hydrogen-bond donors (Lipinski definition) is 3. The number of aromatic nitrogens is 2. The molecule has 26 heavy (non-hydrogen) atoms. The molecule has 2 amide bonds. The van der Waals surface area contributed by atoms with Gasteiger partial charge in [0.05, 0.1) is 30.4 Å². The Morgan fingerprint density at radius 3 is 2.54 bits per heavy atom. The van der Waals surface area contributed by atoms with E-state index in [0.717, 1.165) is 7.11 Å². The van der Waals surface area contributed by atoms with Crippen molar-refractivity contribution in [2.75, 3.05) is 12.8 Å². The van der Waals surface area contributed by atoms with Crippen LogP contribution < -0.4 is 16.4 Å². The Morgan fingerprint density at radius 2 is 1.92 bits per heavy atom. The first-order valence-corrected chi connectivity index (χ1v) is 7.96. The summed E-state index contributed by atoms with van der Waals surface area (Å²) in [5.74, 6) is -2.24. The highest BCUT2D eigenvalue weighted by molar-refractivity contribution is 7.13. The number of methoxy groups -OCH3 is 1. The van der Waals surface area contributed by atoms with Crippen molar-refractivity contribution in [3.8, 4) is 10.7 Å². The van der Waals surface area contributed by atoms with E-state index in [1.165, 1.54) is 22.9 Å². The Labute approximate surface area is 152 Å². The van der Waals surface area contributed by atoms with Crippen LogP contribution >= 0.6 is 11.3 Å². The fraction of sp³-hybridized carbons (Fsp3) is 0.0625. The molecule has 2 rings (SSSR count). The van der Waals surface area contributed by atoms with E-state index in [2.05, 4.69) is 38.5 Å². The normalized spacial score (nSPS) is 9.88. The predicted molar refractivity (Wildman–Crippen MR) is 95.7 cm³/mol. The molecule has 0 unspecified atom stereocenters. The molecule has 0 aliphatic carbocycles. The van der Waals surface area contributed by atoms with Crippen LogP contribution in [-0.4, -0.2) is 34.9 Å². The van der Waals surface area contributed by atoms with Crippen LogP contribution in [0.15, 0.2) is 48.3 Å². The van der Waals surface area contributed by atoms with Crippen LogP contribution in [0.3, 0.4) is 0 Å². The molecule has 0 atom stereocenters. The Kier molecular flexibility index (Phi) is 5.81. The van der Waals surface area contributed by atoms with Crippen molar-refractivity contribution in [3.63, 3.8) is 0 Å². The van der Waals surface area contributed by atoms with Crippen LogP contribution in [-0.2, 0) is 14.3 Å². The zero-order valence-electron chi connectivity index (χ0n) is 13.7. The lowest BCUT2D eigenvalue weighted by molar-refractivity contribution is -0.137. The first-order chi connectivity index (χ1) is 12.3. The van der Waals surface area contributed by atoms with E-state index in [1.54, 1.807) is 12.1 Å². The number of carbonyl (C=O) groups is 3. The van der Waals surface area contributed by atoms with Crippen molar-refractivity contribution in [2.45, 2.75) is 0 Å². The van der Waals surface area contributed by atoms with Gasteiger partial charge in [0.2, 0.25) is 0 Å². The molecule has 4 N–H and O–H groups in total. The third kappa shape index (κ3) is 4.51. The fourth-order valence-corrected chi connectivity index (χ4v) is 2.45. The Bertz CT molecular complexity index is 888. The van der Waals surface area contributed by atoms with Crippen molar-refractivity contribution < 1.29 is 19.1 Å². The molecule has 10 heteroatoms. The maximum Gasteiger partial charge on any atom is 0.353 e. The maximum absolute atomic E-state index is 12.2. The molecule has 0 fully saturated rings. The molecule has 134 valence electrons. The van der Waals surface area contributed by atoms with E-state index in [0.29, 0.717) is 16.4 Å². The summed E-state index contributed by atoms with van der Waals surface area (Å²) in [6.45, 7) is 6.79. The van der Waals surface area contributed by atoms with Gasteiger partial charge in [0.15, 0.2) is 0 Å². The summed E-state index contributed by atoms with van der Waals surface area (Å²) in [5.41, 5.74) is 6.18. The number of rotatable bonds is 6. The standard InChI is InChI=1S/C16H15N5O4S/c1-8(13(22)20-9(2)16(24)25-3)19-14(23)12-7-26-15(21-12)11-5-4-10(17)6-18-11/h4-7H,1-2,17H2,3H3,(H,19,23)(H,20,22). The number of esters is 1. The van der Waals surface area contributed by atoms with Crippen LogP contribution in [0.4, 0.5) is 5.69 Å². The highest BCUT2D eigenvalue weighted by Crippen LogP contribution is 2.22. The molecule has 0 saturated carbocycles. The lowest BCUT2D eigenvalue weighted by Crippen LogP contribution is -2.35. The van der Waals surface area contributed by atoms with Crippen LogP contribution in [0.1, 0.15) is 10.5 Å². The maximum atomic E-state index is 12.2. The molecule has 0 aliphatic heterocycles. The SMILES string of the molecule is C=C(NC(=O)c1csc(-c2ccc(N)cn2)n1)C(=O)NC(=C)C(=O)OC. The molecule has 0 aromatic carbocycles. The summed E-state index contributed by atoms with van der Waals surface area (Å²) in [4.78, 5) is 43.5. The van der Waals surface area contributed by atoms with Crippen LogP contribution in [0.2, 0.25) is 0 Å². The number of nitrogen functional groups attached to an aromatic ring is 1. The fourth-order valence-electron chi connectivity index (χ4n) is 1.67. The second kappa shape index (κ2) is 8.03. The van der Waals surface area contributed by atoms with E-state index in [9.17, 15) is 14.4 Å². The summed E-state index contributed by atoms with van der Waals surface area (Å²) in [6.07, 6.45) is 1.48. The van der Waals surface area contributed by atoms with Gasteiger partial charge in [0, 0.05) is 5.38 Å². The van der Waals surface area contributed by atoms with Gasteiger partial charge in [-0.3, -0.25) is 14.6 Å². The molecule has 0 aliphatic rings. The van der Waals surface area contributed by atoms with Crippen molar-refractivity contribution >= 4 is 34.8 Å². The van der Waals surface area contributed by atoms with Gasteiger partial charge in [-0.1, -0.05) is 13.2 Å². The van der Waals surface area contributed by atoms with Crippen LogP contribution in [0.5, 0.6) is 0 Å². The van der Waals surface area contributed by atoms with E-state index in [1.807, 2.05) is 0 Å². The predicted octanol–water partition coefficient (Wildman–Crippen LogP) is 0.834. The summed E-state index contributed by atoms with van der Waals surface area (Å²) in [7, 11) is 1.14. The van der Waals surface area contributed by atoms with Gasteiger partial charge in [-0.25, -0.2) is 9.78 Å². The quantitative estimate of drug-likeness (QED) is 0.504. The smallest absolute Gasteiger partial charge is 0.353 e. The molecule has 2 aromatic heterocycles. The summed E-state index contributed by atoms with van der Waals surface area (Å²) >= 11 is 1.21. The van der Waals surface area contributed by atoms with E-state index < -0.39 is 17.8 Å². The molecular weight excluding hydrogens is 358 g/mol. The third-order valence-electron chi connectivity index (χ3n) is 2.98. The van der Waals surface area contributed by atoms with Gasteiger partial charge < -0.3 is 21.1 Å². The lowest BCUT2D eigenvalue weighted by Gasteiger charge is -2.09. The minimum Gasteiger partial charge on any atom is -0.464 e. The number of carbonyl (C=O) groups excluding carboxylic acids is 3. The summed E-state index contributed by atoms with van der Waals surface area (Å²) < 4.78 is 4.40. The second-order valence-electron chi connectivity index (χ2n) is 4.87. The number of nitrogens with two attached hydrogens (primary N) is 1. The van der Waals surface area contributed by atoms with Gasteiger partial charge in [0.1, 0.15) is 16.4 Å². The number of anilines is 1. The summed E-state index contributed by atoms with van der Waals surface area (Å²) in [5, 5.41) is 6.49.